The van der Waals surface area contributed by atoms with E-state index < -0.39 is 5.54 Å². The number of amides is 2. The molecule has 30 heavy (non-hydrogen) atoms. The average Bonchev–Trinajstić information content (AvgIpc) is 3.34. The van der Waals surface area contributed by atoms with Gasteiger partial charge in [0.15, 0.2) is 5.96 Å². The van der Waals surface area contributed by atoms with Gasteiger partial charge in [0, 0.05) is 24.5 Å². The van der Waals surface area contributed by atoms with Crippen LogP contribution in [0.5, 0.6) is 0 Å². The van der Waals surface area contributed by atoms with E-state index in [1.165, 1.54) is 0 Å². The zero-order valence-electron chi connectivity index (χ0n) is 18.4. The minimum Gasteiger partial charge on any atom is -0.342 e. The molecule has 3 heterocycles. The van der Waals surface area contributed by atoms with Gasteiger partial charge >= 0.3 is 0 Å². The van der Waals surface area contributed by atoms with Gasteiger partial charge in [0.2, 0.25) is 5.91 Å². The highest BCUT2D eigenvalue weighted by molar-refractivity contribution is 7.10. The number of nitrogens with zero attached hydrogens (tertiary/aromatic N) is 2. The first-order chi connectivity index (χ1) is 14.5. The monoisotopic (exact) mass is 432 g/mol. The summed E-state index contributed by atoms with van der Waals surface area (Å²) in [4.78, 5) is 30.6. The molecule has 166 valence electrons. The van der Waals surface area contributed by atoms with Crippen LogP contribution in [0.3, 0.4) is 0 Å². The maximum atomic E-state index is 13.3. The minimum absolute atomic E-state index is 0.0885. The second kappa shape index (κ2) is 10.4. The summed E-state index contributed by atoms with van der Waals surface area (Å²) in [6.45, 7) is 6.37. The van der Waals surface area contributed by atoms with E-state index in [1.807, 2.05) is 22.4 Å². The minimum atomic E-state index is -0.583. The van der Waals surface area contributed by atoms with Crippen molar-refractivity contribution in [2.75, 3.05) is 19.6 Å². The highest BCUT2D eigenvalue weighted by Gasteiger charge is 2.48. The average molecular weight is 433 g/mol. The van der Waals surface area contributed by atoms with Crippen molar-refractivity contribution in [1.82, 2.24) is 15.1 Å². The van der Waals surface area contributed by atoms with E-state index in [4.69, 9.17) is 5.41 Å². The Morgan fingerprint density at radius 1 is 1.23 bits per heavy atom. The number of hydrogen-bond donors (Lipinski definition) is 2. The van der Waals surface area contributed by atoms with Crippen LogP contribution in [-0.4, -0.2) is 52.7 Å². The lowest BCUT2D eigenvalue weighted by Gasteiger charge is -2.34. The molecule has 2 amide bonds. The predicted molar refractivity (Wildman–Crippen MR) is 122 cm³/mol. The first kappa shape index (κ1) is 22.8. The Labute approximate surface area is 184 Å². The Balaban J connectivity index is 1.54. The third kappa shape index (κ3) is 5.23. The molecule has 6 nitrogen and oxygen atoms in total. The number of unbranched alkanes of at least 4 members (excludes halogenated alkanes) is 2. The molecule has 2 N–H and O–H groups in total. The molecule has 0 saturated carbocycles. The molecule has 0 radical (unpaired) electrons. The number of carbonyl (C=O) groups excluding carboxylic acids is 2. The summed E-state index contributed by atoms with van der Waals surface area (Å²) in [5, 5.41) is 13.7. The number of hydrogen-bond acceptors (Lipinski definition) is 4. The normalized spacial score (nSPS) is 19.4. The van der Waals surface area contributed by atoms with Gasteiger partial charge in [0.25, 0.3) is 5.91 Å². The lowest BCUT2D eigenvalue weighted by molar-refractivity contribution is -0.134. The highest BCUT2D eigenvalue weighted by Crippen LogP contribution is 2.31. The van der Waals surface area contributed by atoms with Crippen LogP contribution >= 0.6 is 11.3 Å². The number of piperidine rings is 1. The van der Waals surface area contributed by atoms with Crippen LogP contribution in [0.4, 0.5) is 0 Å². The standard InChI is InChI=1S/C23H36N4O2S/c1-3-5-11-23(12-6-4-2)21(29)27(22(24)25-23)17-18-9-13-26(14-10-18)20(28)16-19-8-7-15-30-19/h7-8,15,18H,3-6,9-14,16-17H2,1-2H3,(H2,24,25). The maximum Gasteiger partial charge on any atom is 0.255 e. The first-order valence-corrected chi connectivity index (χ1v) is 12.4. The van der Waals surface area contributed by atoms with Crippen molar-refractivity contribution < 1.29 is 9.59 Å². The molecule has 0 aliphatic carbocycles. The molecule has 0 unspecified atom stereocenters. The lowest BCUT2D eigenvalue weighted by atomic mass is 9.86. The molecule has 3 rings (SSSR count). The second-order valence-corrected chi connectivity index (χ2v) is 9.79. The molecule has 0 spiro atoms. The number of rotatable bonds is 10. The number of guanidine groups is 1. The quantitative estimate of drug-likeness (QED) is 0.586. The largest absolute Gasteiger partial charge is 0.342 e. The van der Waals surface area contributed by atoms with Gasteiger partial charge in [-0.2, -0.15) is 0 Å². The number of likely N-dealkylation sites (tertiary alicyclic amines) is 1. The van der Waals surface area contributed by atoms with Crippen molar-refractivity contribution in [2.24, 2.45) is 5.92 Å². The van der Waals surface area contributed by atoms with Crippen molar-refractivity contribution in [3.8, 4) is 0 Å². The SMILES string of the molecule is CCCCC1(CCCC)NC(=N)N(CC2CCN(C(=O)Cc3cccs3)CC2)C1=O. The third-order valence-corrected chi connectivity index (χ3v) is 7.39. The van der Waals surface area contributed by atoms with Gasteiger partial charge in [-0.05, 0) is 43.0 Å². The van der Waals surface area contributed by atoms with E-state index >= 15 is 0 Å². The van der Waals surface area contributed by atoms with Crippen LogP contribution < -0.4 is 5.32 Å². The van der Waals surface area contributed by atoms with Gasteiger partial charge in [-0.1, -0.05) is 45.6 Å². The van der Waals surface area contributed by atoms with Crippen LogP contribution in [-0.2, 0) is 16.0 Å². The molecule has 0 atom stereocenters. The highest BCUT2D eigenvalue weighted by atomic mass is 32.1. The van der Waals surface area contributed by atoms with Crippen LogP contribution in [0.25, 0.3) is 0 Å². The van der Waals surface area contributed by atoms with Crippen molar-refractivity contribution >= 4 is 29.1 Å². The van der Waals surface area contributed by atoms with E-state index in [2.05, 4.69) is 19.2 Å². The van der Waals surface area contributed by atoms with Crippen molar-refractivity contribution in [3.63, 3.8) is 0 Å². The zero-order valence-corrected chi connectivity index (χ0v) is 19.2. The molecular weight excluding hydrogens is 396 g/mol. The van der Waals surface area contributed by atoms with Crippen molar-refractivity contribution in [2.45, 2.75) is 77.2 Å². The van der Waals surface area contributed by atoms with Gasteiger partial charge < -0.3 is 10.2 Å². The summed E-state index contributed by atoms with van der Waals surface area (Å²) < 4.78 is 0. The van der Waals surface area contributed by atoms with E-state index in [-0.39, 0.29) is 17.8 Å². The Morgan fingerprint density at radius 2 is 1.90 bits per heavy atom. The van der Waals surface area contributed by atoms with Gasteiger partial charge in [0.1, 0.15) is 5.54 Å². The summed E-state index contributed by atoms with van der Waals surface area (Å²) in [7, 11) is 0. The fraction of sp³-hybridized carbons (Fsp3) is 0.696. The molecule has 1 aromatic rings. The molecule has 0 bridgehead atoms. The summed E-state index contributed by atoms with van der Waals surface area (Å²) in [5.74, 6) is 0.893. The van der Waals surface area contributed by atoms with Gasteiger partial charge in [-0.25, -0.2) is 0 Å². The van der Waals surface area contributed by atoms with Crippen LogP contribution in [0.2, 0.25) is 0 Å². The van der Waals surface area contributed by atoms with Crippen molar-refractivity contribution in [1.29, 1.82) is 5.41 Å². The fourth-order valence-electron chi connectivity index (χ4n) is 4.60. The van der Waals surface area contributed by atoms with Crippen LogP contribution in [0.1, 0.15) is 70.1 Å². The predicted octanol–water partition coefficient (Wildman–Crippen LogP) is 4.01. The second-order valence-electron chi connectivity index (χ2n) is 8.76. The molecule has 0 aromatic carbocycles. The Morgan fingerprint density at radius 3 is 2.47 bits per heavy atom. The Kier molecular flexibility index (Phi) is 7.92. The molecule has 7 heteroatoms. The van der Waals surface area contributed by atoms with Crippen LogP contribution in [0, 0.1) is 11.3 Å². The number of thiophene rings is 1. The van der Waals surface area contributed by atoms with E-state index in [9.17, 15) is 9.59 Å². The van der Waals surface area contributed by atoms with Gasteiger partial charge in [-0.3, -0.25) is 19.9 Å². The van der Waals surface area contributed by atoms with Gasteiger partial charge in [-0.15, -0.1) is 11.3 Å². The molecule has 2 fully saturated rings. The first-order valence-electron chi connectivity index (χ1n) is 11.5. The third-order valence-electron chi connectivity index (χ3n) is 6.51. The number of carbonyl (C=O) groups is 2. The van der Waals surface area contributed by atoms with E-state index in [0.29, 0.717) is 18.9 Å². The van der Waals surface area contributed by atoms with Gasteiger partial charge in [0.05, 0.1) is 6.42 Å². The lowest BCUT2D eigenvalue weighted by Crippen LogP contribution is -2.47. The summed E-state index contributed by atoms with van der Waals surface area (Å²) in [6.07, 6.45) is 7.96. The summed E-state index contributed by atoms with van der Waals surface area (Å²) >= 11 is 1.63. The summed E-state index contributed by atoms with van der Waals surface area (Å²) in [6, 6.07) is 3.99. The van der Waals surface area contributed by atoms with E-state index in [1.54, 1.807) is 16.2 Å². The molecule has 1 aromatic heterocycles. The molecule has 2 aliphatic heterocycles. The van der Waals surface area contributed by atoms with Crippen molar-refractivity contribution in [3.05, 3.63) is 22.4 Å². The molecule has 2 aliphatic rings. The summed E-state index contributed by atoms with van der Waals surface area (Å²) in [5.41, 5.74) is -0.583. The van der Waals surface area contributed by atoms with Crippen LogP contribution in [0.15, 0.2) is 17.5 Å². The zero-order chi connectivity index (χ0) is 21.6. The topological polar surface area (TPSA) is 76.5 Å². The maximum absolute atomic E-state index is 13.3. The van der Waals surface area contributed by atoms with E-state index in [0.717, 1.165) is 69.3 Å². The Hall–Kier alpha value is -1.89. The Bertz CT molecular complexity index is 718. The number of nitrogens with one attached hydrogen (secondary N) is 2. The molecular formula is C23H36N4O2S. The fourth-order valence-corrected chi connectivity index (χ4v) is 5.30. The molecule has 2 saturated heterocycles. The smallest absolute Gasteiger partial charge is 0.255 e.